The molecule has 0 aliphatic carbocycles. The molecule has 0 aliphatic rings. The van der Waals surface area contributed by atoms with Crippen molar-refractivity contribution in [1.82, 2.24) is 5.32 Å². The second-order valence-electron chi connectivity index (χ2n) is 4.25. The minimum Gasteiger partial charge on any atom is -0.496 e. The molecule has 3 nitrogen and oxygen atoms in total. The van der Waals surface area contributed by atoms with Gasteiger partial charge in [0.1, 0.15) is 5.75 Å². The Morgan fingerprint density at radius 3 is 2.76 bits per heavy atom. The first-order valence-corrected chi connectivity index (χ1v) is 7.80. The van der Waals surface area contributed by atoms with E-state index in [1.807, 2.05) is 42.5 Å². The number of nitrogens with one attached hydrogen (secondary N) is 2. The van der Waals surface area contributed by atoms with E-state index in [0.29, 0.717) is 16.7 Å². The highest BCUT2D eigenvalue weighted by atomic mass is 79.9. The number of ether oxygens (including phenoxy) is 1. The summed E-state index contributed by atoms with van der Waals surface area (Å²) >= 11 is 14.7. The SMILES string of the molecule is COc1ccccc1CNC(=S)Nc1ccc(Br)c(Cl)c1. The molecule has 0 atom stereocenters. The van der Waals surface area contributed by atoms with Crippen LogP contribution in [0.15, 0.2) is 46.9 Å². The third kappa shape index (κ3) is 4.59. The number of methoxy groups -OCH3 is 1. The third-order valence-corrected chi connectivity index (χ3v) is 4.29. The average molecular weight is 386 g/mol. The molecule has 0 unspecified atom stereocenters. The zero-order valence-corrected chi connectivity index (χ0v) is 14.5. The summed E-state index contributed by atoms with van der Waals surface area (Å²) < 4.78 is 6.15. The van der Waals surface area contributed by atoms with E-state index in [0.717, 1.165) is 21.5 Å². The van der Waals surface area contributed by atoms with Gasteiger partial charge in [-0.05, 0) is 52.4 Å². The van der Waals surface area contributed by atoms with Gasteiger partial charge in [0.05, 0.1) is 12.1 Å². The number of rotatable bonds is 4. The van der Waals surface area contributed by atoms with Gasteiger partial charge in [-0.25, -0.2) is 0 Å². The molecule has 0 saturated carbocycles. The molecule has 0 fully saturated rings. The molecule has 6 heteroatoms. The van der Waals surface area contributed by atoms with E-state index in [4.69, 9.17) is 28.6 Å². The highest BCUT2D eigenvalue weighted by Gasteiger charge is 2.04. The Labute approximate surface area is 142 Å². The van der Waals surface area contributed by atoms with Crippen LogP contribution in [0.2, 0.25) is 5.02 Å². The van der Waals surface area contributed by atoms with Gasteiger partial charge >= 0.3 is 0 Å². The summed E-state index contributed by atoms with van der Waals surface area (Å²) in [7, 11) is 1.65. The molecule has 2 aromatic rings. The quantitative estimate of drug-likeness (QED) is 0.754. The molecule has 0 spiro atoms. The van der Waals surface area contributed by atoms with E-state index in [-0.39, 0.29) is 0 Å². The lowest BCUT2D eigenvalue weighted by atomic mass is 10.2. The van der Waals surface area contributed by atoms with E-state index in [2.05, 4.69) is 26.6 Å². The van der Waals surface area contributed by atoms with Crippen molar-refractivity contribution in [1.29, 1.82) is 0 Å². The standard InChI is InChI=1S/C15H14BrClN2OS/c1-20-14-5-3-2-4-10(14)9-18-15(21)19-11-6-7-12(16)13(17)8-11/h2-8H,9H2,1H3,(H2,18,19,21). The van der Waals surface area contributed by atoms with E-state index in [1.54, 1.807) is 7.11 Å². The highest BCUT2D eigenvalue weighted by Crippen LogP contribution is 2.25. The van der Waals surface area contributed by atoms with Crippen LogP contribution in [-0.2, 0) is 6.54 Å². The highest BCUT2D eigenvalue weighted by molar-refractivity contribution is 9.10. The maximum atomic E-state index is 6.04. The summed E-state index contributed by atoms with van der Waals surface area (Å²) in [5.41, 5.74) is 1.87. The number of anilines is 1. The lowest BCUT2D eigenvalue weighted by Crippen LogP contribution is -2.28. The molecule has 2 N–H and O–H groups in total. The van der Waals surface area contributed by atoms with Crippen LogP contribution in [0.3, 0.4) is 0 Å². The second kappa shape index (κ2) is 7.64. The number of hydrogen-bond acceptors (Lipinski definition) is 2. The molecule has 0 heterocycles. The van der Waals surface area contributed by atoms with Crippen LogP contribution in [0.5, 0.6) is 5.75 Å². The van der Waals surface area contributed by atoms with E-state index in [1.165, 1.54) is 0 Å². The number of halogens is 2. The predicted octanol–water partition coefficient (Wildman–Crippen LogP) is 4.60. The van der Waals surface area contributed by atoms with Crippen molar-refractivity contribution in [2.75, 3.05) is 12.4 Å². The molecule has 0 amide bonds. The largest absolute Gasteiger partial charge is 0.496 e. The zero-order valence-electron chi connectivity index (χ0n) is 11.3. The Morgan fingerprint density at radius 2 is 2.05 bits per heavy atom. The topological polar surface area (TPSA) is 33.3 Å². The van der Waals surface area contributed by atoms with Gasteiger partial charge in [0, 0.05) is 22.3 Å². The molecular weight excluding hydrogens is 372 g/mol. The first kappa shape index (κ1) is 16.1. The van der Waals surface area contributed by atoms with Crippen molar-refractivity contribution in [3.05, 3.63) is 57.5 Å². The summed E-state index contributed by atoms with van der Waals surface area (Å²) in [5.74, 6) is 0.833. The van der Waals surface area contributed by atoms with Crippen LogP contribution < -0.4 is 15.4 Å². The predicted molar refractivity (Wildman–Crippen MR) is 95.2 cm³/mol. The normalized spacial score (nSPS) is 10.0. The number of benzene rings is 2. The number of hydrogen-bond donors (Lipinski definition) is 2. The monoisotopic (exact) mass is 384 g/mol. The van der Waals surface area contributed by atoms with Crippen molar-refractivity contribution in [2.24, 2.45) is 0 Å². The maximum Gasteiger partial charge on any atom is 0.171 e. The number of para-hydroxylation sites is 1. The Balaban J connectivity index is 1.94. The molecule has 0 aliphatic heterocycles. The smallest absolute Gasteiger partial charge is 0.171 e. The van der Waals surface area contributed by atoms with Crippen LogP contribution in [-0.4, -0.2) is 12.2 Å². The number of thiocarbonyl (C=S) groups is 1. The van der Waals surface area contributed by atoms with Gasteiger partial charge in [-0.2, -0.15) is 0 Å². The van der Waals surface area contributed by atoms with Crippen molar-refractivity contribution in [2.45, 2.75) is 6.54 Å². The van der Waals surface area contributed by atoms with Gasteiger partial charge in [0.25, 0.3) is 0 Å². The Morgan fingerprint density at radius 1 is 1.29 bits per heavy atom. The van der Waals surface area contributed by atoms with Crippen molar-refractivity contribution in [3.63, 3.8) is 0 Å². The fourth-order valence-corrected chi connectivity index (χ4v) is 2.39. The Kier molecular flexibility index (Phi) is 5.85. The minimum atomic E-state index is 0.527. The lowest BCUT2D eigenvalue weighted by molar-refractivity contribution is 0.409. The zero-order chi connectivity index (χ0) is 15.2. The van der Waals surface area contributed by atoms with Crippen molar-refractivity contribution < 1.29 is 4.74 Å². The van der Waals surface area contributed by atoms with E-state index >= 15 is 0 Å². The average Bonchev–Trinajstić information content (AvgIpc) is 2.49. The first-order valence-electron chi connectivity index (χ1n) is 6.22. The lowest BCUT2D eigenvalue weighted by Gasteiger charge is -2.13. The van der Waals surface area contributed by atoms with Crippen LogP contribution in [0, 0.1) is 0 Å². The van der Waals surface area contributed by atoms with Gasteiger partial charge < -0.3 is 15.4 Å². The van der Waals surface area contributed by atoms with Gasteiger partial charge in [0.15, 0.2) is 5.11 Å². The van der Waals surface area contributed by atoms with E-state index < -0.39 is 0 Å². The molecule has 0 radical (unpaired) electrons. The summed E-state index contributed by atoms with van der Waals surface area (Å²) in [5, 5.41) is 7.39. The van der Waals surface area contributed by atoms with Gasteiger partial charge in [-0.15, -0.1) is 0 Å². The van der Waals surface area contributed by atoms with Crippen LogP contribution in [0.1, 0.15) is 5.56 Å². The van der Waals surface area contributed by atoms with E-state index in [9.17, 15) is 0 Å². The van der Waals surface area contributed by atoms with Crippen LogP contribution >= 0.6 is 39.7 Å². The maximum absolute atomic E-state index is 6.04. The fourth-order valence-electron chi connectivity index (χ4n) is 1.77. The van der Waals surface area contributed by atoms with Gasteiger partial charge in [0.2, 0.25) is 0 Å². The van der Waals surface area contributed by atoms with Crippen molar-refractivity contribution >= 4 is 50.5 Å². The van der Waals surface area contributed by atoms with Crippen LogP contribution in [0.4, 0.5) is 5.69 Å². The fraction of sp³-hybridized carbons (Fsp3) is 0.133. The molecule has 21 heavy (non-hydrogen) atoms. The molecule has 110 valence electrons. The molecule has 0 aromatic heterocycles. The summed E-state index contributed by atoms with van der Waals surface area (Å²) in [6, 6.07) is 13.4. The summed E-state index contributed by atoms with van der Waals surface area (Å²) in [6.07, 6.45) is 0. The van der Waals surface area contributed by atoms with Gasteiger partial charge in [-0.1, -0.05) is 29.8 Å². The van der Waals surface area contributed by atoms with Crippen LogP contribution in [0.25, 0.3) is 0 Å². The summed E-state index contributed by atoms with van der Waals surface area (Å²) in [6.45, 7) is 0.583. The minimum absolute atomic E-state index is 0.527. The molecule has 2 aromatic carbocycles. The molecule has 0 saturated heterocycles. The molecule has 0 bridgehead atoms. The first-order chi connectivity index (χ1) is 10.1. The molecular formula is C15H14BrClN2OS. The second-order valence-corrected chi connectivity index (χ2v) is 5.92. The third-order valence-electron chi connectivity index (χ3n) is 2.81. The van der Waals surface area contributed by atoms with Crippen molar-refractivity contribution in [3.8, 4) is 5.75 Å². The Hall–Kier alpha value is -1.30. The summed E-state index contributed by atoms with van der Waals surface area (Å²) in [4.78, 5) is 0. The van der Waals surface area contributed by atoms with Gasteiger partial charge in [-0.3, -0.25) is 0 Å². The Bertz CT molecular complexity index is 651. The molecule has 2 rings (SSSR count).